The average molecular weight is 472 g/mol. The molecule has 5 rings (SSSR count). The monoisotopic (exact) mass is 471 g/mol. The second kappa shape index (κ2) is 9.54. The molecule has 1 saturated heterocycles. The number of anilines is 2. The van der Waals surface area contributed by atoms with E-state index in [4.69, 9.17) is 14.2 Å². The number of nitrogens with zero attached hydrogens (tertiary/aromatic N) is 3. The third kappa shape index (κ3) is 4.54. The van der Waals surface area contributed by atoms with Crippen LogP contribution in [0.3, 0.4) is 0 Å². The highest BCUT2D eigenvalue weighted by Crippen LogP contribution is 2.39. The van der Waals surface area contributed by atoms with E-state index in [0.29, 0.717) is 41.7 Å². The van der Waals surface area contributed by atoms with Gasteiger partial charge in [0.25, 0.3) is 0 Å². The molecule has 2 fully saturated rings. The summed E-state index contributed by atoms with van der Waals surface area (Å²) in [5.41, 5.74) is 0.353. The minimum Gasteiger partial charge on any atom is -0.494 e. The molecule has 0 radical (unpaired) electrons. The van der Waals surface area contributed by atoms with Gasteiger partial charge in [-0.15, -0.1) is 0 Å². The number of pyridine rings is 1. The fourth-order valence-corrected chi connectivity index (χ4v) is 4.07. The molecule has 0 bridgehead atoms. The minimum absolute atomic E-state index is 0.1000. The lowest BCUT2D eigenvalue weighted by molar-refractivity contribution is 0.0874. The van der Waals surface area contributed by atoms with Crippen molar-refractivity contribution >= 4 is 22.7 Å². The number of hydrogen-bond donors (Lipinski definition) is 2. The van der Waals surface area contributed by atoms with Crippen LogP contribution in [0.5, 0.6) is 11.5 Å². The Labute approximate surface area is 196 Å². The molecule has 1 atom stereocenters. The highest BCUT2D eigenvalue weighted by Gasteiger charge is 2.25. The first kappa shape index (κ1) is 22.5. The lowest BCUT2D eigenvalue weighted by Gasteiger charge is -2.23. The van der Waals surface area contributed by atoms with Gasteiger partial charge in [-0.2, -0.15) is 0 Å². The summed E-state index contributed by atoms with van der Waals surface area (Å²) in [5.74, 6) is -0.488. The molecular formula is C24H27F2N5O3. The van der Waals surface area contributed by atoms with E-state index in [2.05, 4.69) is 25.6 Å². The van der Waals surface area contributed by atoms with Gasteiger partial charge >= 0.3 is 0 Å². The molecule has 2 N–H and O–H groups in total. The van der Waals surface area contributed by atoms with Crippen molar-refractivity contribution in [2.24, 2.45) is 5.92 Å². The van der Waals surface area contributed by atoms with Crippen molar-refractivity contribution in [3.63, 3.8) is 0 Å². The van der Waals surface area contributed by atoms with Crippen LogP contribution in [0.15, 0.2) is 18.3 Å². The first-order valence-electron chi connectivity index (χ1n) is 11.4. The van der Waals surface area contributed by atoms with E-state index in [1.807, 2.05) is 0 Å². The number of halogens is 2. The van der Waals surface area contributed by atoms with Gasteiger partial charge in [0.1, 0.15) is 5.52 Å². The van der Waals surface area contributed by atoms with E-state index in [-0.39, 0.29) is 28.8 Å². The zero-order valence-corrected chi connectivity index (χ0v) is 19.2. The van der Waals surface area contributed by atoms with Gasteiger partial charge in [0.2, 0.25) is 5.95 Å². The van der Waals surface area contributed by atoms with Gasteiger partial charge in [-0.25, -0.2) is 23.7 Å². The molecule has 3 heterocycles. The maximum Gasteiger partial charge on any atom is 0.223 e. The smallest absolute Gasteiger partial charge is 0.223 e. The first-order valence-corrected chi connectivity index (χ1v) is 11.4. The topological polar surface area (TPSA) is 90.4 Å². The lowest BCUT2D eigenvalue weighted by Crippen LogP contribution is -2.30. The molecule has 1 saturated carbocycles. The second-order valence-electron chi connectivity index (χ2n) is 8.65. The number of aromatic nitrogens is 3. The van der Waals surface area contributed by atoms with Crippen molar-refractivity contribution in [3.8, 4) is 22.8 Å². The number of hydrogen-bond acceptors (Lipinski definition) is 8. The second-order valence-corrected chi connectivity index (χ2v) is 8.65. The number of methoxy groups -OCH3 is 2. The third-order valence-corrected chi connectivity index (χ3v) is 6.14. The molecule has 0 spiro atoms. The Bertz CT molecular complexity index is 1170. The lowest BCUT2D eigenvalue weighted by atomic mass is 10.1. The highest BCUT2D eigenvalue weighted by molar-refractivity contribution is 5.92. The van der Waals surface area contributed by atoms with Crippen LogP contribution in [0.25, 0.3) is 22.2 Å². The van der Waals surface area contributed by atoms with Crippen LogP contribution in [0.2, 0.25) is 0 Å². The maximum absolute atomic E-state index is 15.2. The van der Waals surface area contributed by atoms with Crippen molar-refractivity contribution in [3.05, 3.63) is 30.0 Å². The van der Waals surface area contributed by atoms with Crippen LogP contribution in [0.4, 0.5) is 20.5 Å². The maximum atomic E-state index is 15.2. The molecule has 34 heavy (non-hydrogen) atoms. The molecule has 180 valence electrons. The van der Waals surface area contributed by atoms with Crippen LogP contribution in [0, 0.1) is 17.6 Å². The van der Waals surface area contributed by atoms with E-state index in [1.54, 1.807) is 12.3 Å². The number of rotatable bonds is 8. The Hall–Kier alpha value is -3.27. The van der Waals surface area contributed by atoms with Gasteiger partial charge in [0.05, 0.1) is 38.1 Å². The van der Waals surface area contributed by atoms with Crippen LogP contribution >= 0.6 is 0 Å². The normalized spacial score (nSPS) is 18.1. The van der Waals surface area contributed by atoms with Crippen molar-refractivity contribution < 1.29 is 23.0 Å². The van der Waals surface area contributed by atoms with Gasteiger partial charge < -0.3 is 24.8 Å². The van der Waals surface area contributed by atoms with Crippen molar-refractivity contribution in [1.29, 1.82) is 0 Å². The van der Waals surface area contributed by atoms with E-state index in [0.717, 1.165) is 32.3 Å². The molecule has 8 nitrogen and oxygen atoms in total. The number of ether oxygens (including phenoxy) is 3. The van der Waals surface area contributed by atoms with Crippen LogP contribution in [0.1, 0.15) is 25.7 Å². The molecular weight excluding hydrogens is 444 g/mol. The van der Waals surface area contributed by atoms with Crippen LogP contribution in [-0.4, -0.2) is 55.0 Å². The predicted octanol–water partition coefficient (Wildman–Crippen LogP) is 4.40. The molecule has 1 aliphatic heterocycles. The van der Waals surface area contributed by atoms with Gasteiger partial charge in [0.15, 0.2) is 29.0 Å². The zero-order valence-electron chi connectivity index (χ0n) is 19.2. The summed E-state index contributed by atoms with van der Waals surface area (Å²) < 4.78 is 46.1. The fraction of sp³-hybridized carbons (Fsp3) is 0.458. The molecule has 1 unspecified atom stereocenters. The van der Waals surface area contributed by atoms with E-state index < -0.39 is 11.6 Å². The van der Waals surface area contributed by atoms with E-state index in [9.17, 15) is 0 Å². The number of nitrogens with one attached hydrogen (secondary N) is 2. The SMILES string of the molecule is COc1cc(OC)c(F)c(-c2cc3cnc(NC4CCCOC4)nc3c(NCC3CC3)n2)c1F. The molecule has 1 aliphatic carbocycles. The highest BCUT2D eigenvalue weighted by atomic mass is 19.1. The fourth-order valence-electron chi connectivity index (χ4n) is 4.07. The number of benzene rings is 1. The first-order chi connectivity index (χ1) is 16.6. The van der Waals surface area contributed by atoms with E-state index in [1.165, 1.54) is 20.3 Å². The van der Waals surface area contributed by atoms with Crippen molar-refractivity contribution in [1.82, 2.24) is 15.0 Å². The summed E-state index contributed by atoms with van der Waals surface area (Å²) in [4.78, 5) is 13.7. The summed E-state index contributed by atoms with van der Waals surface area (Å²) in [5, 5.41) is 7.25. The van der Waals surface area contributed by atoms with E-state index >= 15 is 8.78 Å². The Morgan fingerprint density at radius 1 is 1.06 bits per heavy atom. The summed E-state index contributed by atoms with van der Waals surface area (Å²) in [6.45, 7) is 2.07. The average Bonchev–Trinajstić information content (AvgIpc) is 3.68. The van der Waals surface area contributed by atoms with Gasteiger partial charge in [-0.3, -0.25) is 0 Å². The van der Waals surface area contributed by atoms with Crippen LogP contribution in [-0.2, 0) is 4.74 Å². The van der Waals surface area contributed by atoms with Gasteiger partial charge in [0, 0.05) is 30.8 Å². The Morgan fingerprint density at radius 2 is 1.82 bits per heavy atom. The summed E-state index contributed by atoms with van der Waals surface area (Å²) in [7, 11) is 2.63. The predicted molar refractivity (Wildman–Crippen MR) is 124 cm³/mol. The summed E-state index contributed by atoms with van der Waals surface area (Å²) in [6.07, 6.45) is 5.87. The molecule has 0 amide bonds. The quantitative estimate of drug-likeness (QED) is 0.500. The summed E-state index contributed by atoms with van der Waals surface area (Å²) >= 11 is 0. The third-order valence-electron chi connectivity index (χ3n) is 6.14. The molecule has 3 aromatic rings. The molecule has 2 aromatic heterocycles. The largest absolute Gasteiger partial charge is 0.494 e. The molecule has 1 aromatic carbocycles. The molecule has 10 heteroatoms. The molecule has 2 aliphatic rings. The summed E-state index contributed by atoms with van der Waals surface area (Å²) in [6, 6.07) is 2.89. The van der Waals surface area contributed by atoms with Crippen molar-refractivity contribution in [2.45, 2.75) is 31.7 Å². The Balaban J connectivity index is 1.59. The van der Waals surface area contributed by atoms with Crippen LogP contribution < -0.4 is 20.1 Å². The van der Waals surface area contributed by atoms with Gasteiger partial charge in [-0.1, -0.05) is 0 Å². The van der Waals surface area contributed by atoms with Gasteiger partial charge in [-0.05, 0) is 37.7 Å². The number of fused-ring (bicyclic) bond motifs is 1. The Kier molecular flexibility index (Phi) is 6.32. The minimum atomic E-state index is -0.850. The standard InChI is InChI=1S/C24H27F2N5O3/c1-32-17-9-18(33-2)21(26)19(20(17)25)16-8-14-11-28-24(29-15-4-3-7-34-12-15)31-22(14)23(30-16)27-10-13-5-6-13/h8-9,11,13,15H,3-7,10,12H2,1-2H3,(H,27,30)(H,28,29,31). The zero-order chi connectivity index (χ0) is 23.7. The van der Waals surface area contributed by atoms with Crippen molar-refractivity contribution in [2.75, 3.05) is 44.6 Å². The Morgan fingerprint density at radius 3 is 2.47 bits per heavy atom.